The molecule has 0 heterocycles. The first kappa shape index (κ1) is 25.8. The van der Waals surface area contributed by atoms with Crippen LogP contribution in [-0.2, 0) is 0 Å². The van der Waals surface area contributed by atoms with Crippen LogP contribution in [-0.4, -0.2) is 25.5 Å². The maximum absolute atomic E-state index is 13.0. The summed E-state index contributed by atoms with van der Waals surface area (Å²) in [4.78, 5) is 26.0. The minimum atomic E-state index is -0.809. The molecule has 0 spiro atoms. The SMILES string of the molecule is CCCCOc1ccc(C(NC(=O)c2cccc(Br)c2)NC(=O)c2cccc(Br)c2)cc1OC. The molecule has 2 N–H and O–H groups in total. The van der Waals surface area contributed by atoms with E-state index >= 15 is 0 Å². The number of hydrogen-bond acceptors (Lipinski definition) is 4. The minimum Gasteiger partial charge on any atom is -0.493 e. The summed E-state index contributed by atoms with van der Waals surface area (Å²) in [7, 11) is 1.56. The van der Waals surface area contributed by atoms with Gasteiger partial charge in [0.25, 0.3) is 11.8 Å². The fourth-order valence-corrected chi connectivity index (χ4v) is 4.00. The second-order valence-electron chi connectivity index (χ2n) is 7.51. The van der Waals surface area contributed by atoms with E-state index in [2.05, 4.69) is 49.4 Å². The molecule has 0 aromatic heterocycles. The molecule has 34 heavy (non-hydrogen) atoms. The molecule has 8 heteroatoms. The Labute approximate surface area is 216 Å². The average molecular weight is 590 g/mol. The second kappa shape index (κ2) is 12.6. The van der Waals surface area contributed by atoms with Crippen LogP contribution in [0.5, 0.6) is 11.5 Å². The molecule has 178 valence electrons. The number of rotatable bonds is 10. The van der Waals surface area contributed by atoms with Gasteiger partial charge in [-0.15, -0.1) is 0 Å². The number of carbonyl (C=O) groups excluding carboxylic acids is 2. The zero-order chi connectivity index (χ0) is 24.5. The van der Waals surface area contributed by atoms with Gasteiger partial charge in [-0.25, -0.2) is 0 Å². The van der Waals surface area contributed by atoms with Crippen LogP contribution in [0, 0.1) is 0 Å². The molecule has 0 atom stereocenters. The van der Waals surface area contributed by atoms with Crippen LogP contribution in [0.15, 0.2) is 75.7 Å². The summed E-state index contributed by atoms with van der Waals surface area (Å²) in [6.45, 7) is 2.67. The fourth-order valence-electron chi connectivity index (χ4n) is 3.20. The molecule has 3 aromatic rings. The first-order chi connectivity index (χ1) is 16.4. The molecule has 0 radical (unpaired) electrons. The fraction of sp³-hybridized carbons (Fsp3) is 0.231. The highest BCUT2D eigenvalue weighted by Crippen LogP contribution is 2.30. The third-order valence-corrected chi connectivity index (χ3v) is 5.99. The summed E-state index contributed by atoms with van der Waals surface area (Å²) in [5.74, 6) is 0.466. The van der Waals surface area contributed by atoms with E-state index in [-0.39, 0.29) is 11.8 Å². The maximum atomic E-state index is 13.0. The van der Waals surface area contributed by atoms with Crippen molar-refractivity contribution in [1.82, 2.24) is 10.6 Å². The summed E-state index contributed by atoms with van der Waals surface area (Å²) in [5.41, 5.74) is 1.57. The molecule has 0 fully saturated rings. The van der Waals surface area contributed by atoms with Gasteiger partial charge in [0.15, 0.2) is 11.5 Å². The van der Waals surface area contributed by atoms with E-state index in [0.29, 0.717) is 34.8 Å². The zero-order valence-corrected chi connectivity index (χ0v) is 22.1. The predicted molar refractivity (Wildman–Crippen MR) is 139 cm³/mol. The Hall–Kier alpha value is -2.84. The largest absolute Gasteiger partial charge is 0.493 e. The van der Waals surface area contributed by atoms with Crippen molar-refractivity contribution in [3.8, 4) is 11.5 Å². The minimum absolute atomic E-state index is 0.330. The van der Waals surface area contributed by atoms with Crippen molar-refractivity contribution in [3.63, 3.8) is 0 Å². The van der Waals surface area contributed by atoms with Gasteiger partial charge in [-0.05, 0) is 60.5 Å². The quantitative estimate of drug-likeness (QED) is 0.216. The van der Waals surface area contributed by atoms with E-state index in [1.54, 1.807) is 61.7 Å². The van der Waals surface area contributed by atoms with Gasteiger partial charge in [-0.2, -0.15) is 0 Å². The van der Waals surface area contributed by atoms with E-state index in [4.69, 9.17) is 9.47 Å². The summed E-state index contributed by atoms with van der Waals surface area (Å²) in [6.07, 6.45) is 1.14. The van der Waals surface area contributed by atoms with Crippen molar-refractivity contribution in [2.45, 2.75) is 25.9 Å². The van der Waals surface area contributed by atoms with Crippen LogP contribution in [0.4, 0.5) is 0 Å². The van der Waals surface area contributed by atoms with Gasteiger partial charge < -0.3 is 20.1 Å². The van der Waals surface area contributed by atoms with Crippen molar-refractivity contribution in [3.05, 3.63) is 92.4 Å². The number of ether oxygens (including phenoxy) is 2. The molecule has 0 bridgehead atoms. The van der Waals surface area contributed by atoms with Crippen LogP contribution in [0.25, 0.3) is 0 Å². The Balaban J connectivity index is 1.90. The Morgan fingerprint density at radius 2 is 1.44 bits per heavy atom. The van der Waals surface area contributed by atoms with Crippen LogP contribution < -0.4 is 20.1 Å². The van der Waals surface area contributed by atoms with E-state index in [1.807, 2.05) is 12.1 Å². The van der Waals surface area contributed by atoms with Crippen molar-refractivity contribution >= 4 is 43.7 Å². The number of carbonyl (C=O) groups is 2. The number of benzene rings is 3. The molecule has 3 rings (SSSR count). The Bertz CT molecular complexity index is 1090. The Morgan fingerprint density at radius 1 is 0.853 bits per heavy atom. The molecule has 0 unspecified atom stereocenters. The van der Waals surface area contributed by atoms with Crippen molar-refractivity contribution in [2.75, 3.05) is 13.7 Å². The second-order valence-corrected chi connectivity index (χ2v) is 9.34. The lowest BCUT2D eigenvalue weighted by molar-refractivity contribution is 0.0883. The van der Waals surface area contributed by atoms with Crippen LogP contribution in [0.1, 0.15) is 52.2 Å². The molecule has 0 saturated heterocycles. The number of halogens is 2. The van der Waals surface area contributed by atoms with E-state index < -0.39 is 6.17 Å². The summed E-state index contributed by atoms with van der Waals surface area (Å²) in [5, 5.41) is 5.83. The van der Waals surface area contributed by atoms with Gasteiger partial charge in [-0.1, -0.05) is 63.4 Å². The molecule has 6 nitrogen and oxygen atoms in total. The van der Waals surface area contributed by atoms with Gasteiger partial charge in [0, 0.05) is 20.1 Å². The molecular weight excluding hydrogens is 564 g/mol. The van der Waals surface area contributed by atoms with Crippen LogP contribution >= 0.6 is 31.9 Å². The third-order valence-electron chi connectivity index (χ3n) is 5.00. The highest BCUT2D eigenvalue weighted by Gasteiger charge is 2.21. The molecule has 0 saturated carbocycles. The highest BCUT2D eigenvalue weighted by molar-refractivity contribution is 9.10. The van der Waals surface area contributed by atoms with Crippen molar-refractivity contribution < 1.29 is 19.1 Å². The predicted octanol–water partition coefficient (Wildman–Crippen LogP) is 6.26. The first-order valence-corrected chi connectivity index (χ1v) is 12.4. The molecule has 0 aliphatic heterocycles. The van der Waals surface area contributed by atoms with Crippen molar-refractivity contribution in [2.24, 2.45) is 0 Å². The van der Waals surface area contributed by atoms with Crippen molar-refractivity contribution in [1.29, 1.82) is 0 Å². The molecule has 0 aliphatic rings. The number of amides is 2. The molecule has 3 aromatic carbocycles. The van der Waals surface area contributed by atoms with E-state index in [1.165, 1.54) is 0 Å². The smallest absolute Gasteiger partial charge is 0.253 e. The number of unbranched alkanes of at least 4 members (excludes halogenated alkanes) is 1. The highest BCUT2D eigenvalue weighted by atomic mass is 79.9. The first-order valence-electron chi connectivity index (χ1n) is 10.8. The van der Waals surface area contributed by atoms with Crippen LogP contribution in [0.3, 0.4) is 0 Å². The molecule has 2 amide bonds. The standard InChI is InChI=1S/C26H26Br2N2O4/c1-3-4-13-34-22-12-11-17(16-23(22)33-2)24(29-25(31)18-7-5-9-20(27)14-18)30-26(32)19-8-6-10-21(28)15-19/h5-12,14-16,24H,3-4,13H2,1-2H3,(H,29,31)(H,30,32). The topological polar surface area (TPSA) is 76.7 Å². The van der Waals surface area contributed by atoms with Gasteiger partial charge in [0.2, 0.25) is 0 Å². The lowest BCUT2D eigenvalue weighted by atomic mass is 10.1. The summed E-state index contributed by atoms with van der Waals surface area (Å²) < 4.78 is 12.9. The van der Waals surface area contributed by atoms with Crippen LogP contribution in [0.2, 0.25) is 0 Å². The lowest BCUT2D eigenvalue weighted by Crippen LogP contribution is -2.41. The van der Waals surface area contributed by atoms with Gasteiger partial charge >= 0.3 is 0 Å². The van der Waals surface area contributed by atoms with Gasteiger partial charge in [0.1, 0.15) is 6.17 Å². The lowest BCUT2D eigenvalue weighted by Gasteiger charge is -2.22. The molecule has 0 aliphatic carbocycles. The molecular formula is C26H26Br2N2O4. The maximum Gasteiger partial charge on any atom is 0.253 e. The normalized spacial score (nSPS) is 10.6. The summed E-state index contributed by atoms with van der Waals surface area (Å²) in [6, 6.07) is 19.4. The summed E-state index contributed by atoms with van der Waals surface area (Å²) >= 11 is 6.77. The zero-order valence-electron chi connectivity index (χ0n) is 18.9. The van der Waals surface area contributed by atoms with E-state index in [9.17, 15) is 9.59 Å². The van der Waals surface area contributed by atoms with Gasteiger partial charge in [-0.3, -0.25) is 9.59 Å². The number of hydrogen-bond donors (Lipinski definition) is 2. The third kappa shape index (κ3) is 7.08. The Kier molecular flexibility index (Phi) is 9.53. The Morgan fingerprint density at radius 3 is 1.94 bits per heavy atom. The van der Waals surface area contributed by atoms with Gasteiger partial charge in [0.05, 0.1) is 13.7 Å². The monoisotopic (exact) mass is 588 g/mol. The average Bonchev–Trinajstić information content (AvgIpc) is 2.83. The number of nitrogens with one attached hydrogen (secondary N) is 2. The van der Waals surface area contributed by atoms with E-state index in [0.717, 1.165) is 21.8 Å². The number of methoxy groups -OCH3 is 1.